The Morgan fingerprint density at radius 1 is 0.852 bits per heavy atom. The van der Waals surface area contributed by atoms with Crippen LogP contribution < -0.4 is 25.6 Å². The number of phenols is 2. The van der Waals surface area contributed by atoms with Gasteiger partial charge in [0.1, 0.15) is 35.4 Å². The van der Waals surface area contributed by atoms with Crippen LogP contribution in [0.2, 0.25) is 0 Å². The average Bonchev–Trinajstić information content (AvgIpc) is 3.89. The first kappa shape index (κ1) is 42.7. The van der Waals surface area contributed by atoms with Gasteiger partial charge in [0.2, 0.25) is 17.8 Å². The summed E-state index contributed by atoms with van der Waals surface area (Å²) >= 11 is 0. The summed E-state index contributed by atoms with van der Waals surface area (Å²) in [7, 11) is 1.53. The number of hydrogen-bond acceptors (Lipinski definition) is 17. The van der Waals surface area contributed by atoms with Crippen LogP contribution in [-0.2, 0) is 0 Å². The summed E-state index contributed by atoms with van der Waals surface area (Å²) in [6, 6.07) is 12.5. The maximum absolute atomic E-state index is 15.0. The molecule has 2 aliphatic heterocycles. The molecule has 61 heavy (non-hydrogen) atoms. The molecule has 5 N–H and O–H groups in total. The van der Waals surface area contributed by atoms with E-state index in [0.29, 0.717) is 75.8 Å². The highest BCUT2D eigenvalue weighted by molar-refractivity contribution is 5.73. The van der Waals surface area contributed by atoms with Gasteiger partial charge in [-0.15, -0.1) is 20.4 Å². The predicted molar refractivity (Wildman–Crippen MR) is 229 cm³/mol. The molecule has 18 heteroatoms. The van der Waals surface area contributed by atoms with Crippen molar-refractivity contribution in [1.82, 2.24) is 55.9 Å². The summed E-state index contributed by atoms with van der Waals surface area (Å²) in [5.74, 6) is 2.58. The van der Waals surface area contributed by atoms with Crippen molar-refractivity contribution in [3.05, 3.63) is 73.3 Å². The zero-order valence-corrected chi connectivity index (χ0v) is 35.5. The van der Waals surface area contributed by atoms with Gasteiger partial charge in [0.15, 0.2) is 11.7 Å². The first-order valence-corrected chi connectivity index (χ1v) is 20.1. The molecule has 0 radical (unpaired) electrons. The molecular weight excluding hydrogens is 782 g/mol. The van der Waals surface area contributed by atoms with E-state index in [-0.39, 0.29) is 23.0 Å². The molecule has 0 saturated carbocycles. The van der Waals surface area contributed by atoms with Crippen molar-refractivity contribution in [2.45, 2.75) is 96.7 Å². The minimum absolute atomic E-state index is 0.00700. The molecule has 8 rings (SSSR count). The second-order valence-electron chi connectivity index (χ2n) is 16.8. The van der Waals surface area contributed by atoms with Crippen molar-refractivity contribution < 1.29 is 23.8 Å². The standard InChI is InChI=1S/C23H28FN7O2.C20H24N6O2/c1-22(2)10-16(20(24)23(3,4)31-22)28-21-25-11-17(29-30-21)14-7-6-13(8-18(14)32)15-9-19(33-5)27-12-26-15;1-12(2)23-15-6-7-26(11-15)20-22-9-17(24-25-20)16-5-4-14(8-18(16)27)19-10-21-13(3)28-19/h6-9,11-12,16,20,31-32H,10H2,1-5H3,(H,25,28,30);4-5,8-10,12,15,23,27H,6-7,11H2,1-3H3/t16?,20-;/m0./s1. The molecule has 0 amide bonds. The van der Waals surface area contributed by atoms with E-state index < -0.39 is 17.8 Å². The Hall–Kier alpha value is -6.40. The monoisotopic (exact) mass is 833 g/mol. The molecule has 0 bridgehead atoms. The SMILES string of the molecule is COc1cc(-c2ccc(-c3cnc(NC4CC(C)(C)NC(C)(C)[C@H]4F)nn3)c(O)c2)ncn1.Cc1ncc(-c2ccc(-c3cnc(N4CCC(NC(C)C)C4)nn3)c(O)c2)o1. The fraction of sp³-hybridized carbons (Fsp3) is 0.419. The molecule has 2 fully saturated rings. The van der Waals surface area contributed by atoms with E-state index in [2.05, 4.69) is 80.0 Å². The number of hydrogen-bond donors (Lipinski definition) is 5. The molecule has 2 unspecified atom stereocenters. The molecule has 0 spiro atoms. The quantitative estimate of drug-likeness (QED) is 0.104. The van der Waals surface area contributed by atoms with Crippen LogP contribution in [0.3, 0.4) is 0 Å². The number of halogens is 1. The number of nitrogens with one attached hydrogen (secondary N) is 3. The lowest BCUT2D eigenvalue weighted by atomic mass is 9.78. The predicted octanol–water partition coefficient (Wildman–Crippen LogP) is 6.16. The number of aromatic hydroxyl groups is 2. The van der Waals surface area contributed by atoms with Gasteiger partial charge in [-0.1, -0.05) is 26.0 Å². The van der Waals surface area contributed by atoms with Crippen molar-refractivity contribution in [3.8, 4) is 62.5 Å². The van der Waals surface area contributed by atoms with Gasteiger partial charge in [-0.25, -0.2) is 29.3 Å². The van der Waals surface area contributed by atoms with Gasteiger partial charge in [-0.2, -0.15) is 0 Å². The zero-order valence-electron chi connectivity index (χ0n) is 35.5. The normalized spacial score (nSPS) is 19.3. The fourth-order valence-corrected chi connectivity index (χ4v) is 7.90. The van der Waals surface area contributed by atoms with Gasteiger partial charge in [-0.05, 0) is 64.8 Å². The number of rotatable bonds is 10. The van der Waals surface area contributed by atoms with Gasteiger partial charge in [-0.3, -0.25) is 0 Å². The minimum atomic E-state index is -1.13. The Balaban J connectivity index is 0.000000186. The largest absolute Gasteiger partial charge is 0.507 e. The number of ether oxygens (including phenoxy) is 1. The number of alkyl halides is 1. The minimum Gasteiger partial charge on any atom is -0.507 e. The van der Waals surface area contributed by atoms with E-state index in [0.717, 1.165) is 25.1 Å². The molecule has 0 aliphatic carbocycles. The van der Waals surface area contributed by atoms with Crippen LogP contribution in [0.5, 0.6) is 17.4 Å². The molecular formula is C43H52FN13O4. The molecule has 17 nitrogen and oxygen atoms in total. The number of methoxy groups -OCH3 is 1. The summed E-state index contributed by atoms with van der Waals surface area (Å²) in [6.07, 6.45) is 6.68. The van der Waals surface area contributed by atoms with Crippen molar-refractivity contribution in [2.75, 3.05) is 30.4 Å². The topological polar surface area (TPSA) is 218 Å². The highest BCUT2D eigenvalue weighted by Gasteiger charge is 2.46. The van der Waals surface area contributed by atoms with E-state index in [4.69, 9.17) is 9.15 Å². The molecule has 320 valence electrons. The van der Waals surface area contributed by atoms with E-state index in [1.54, 1.807) is 55.7 Å². The van der Waals surface area contributed by atoms with Gasteiger partial charge in [0.25, 0.3) is 0 Å². The van der Waals surface area contributed by atoms with E-state index >= 15 is 4.39 Å². The van der Waals surface area contributed by atoms with E-state index in [9.17, 15) is 10.2 Å². The third-order valence-corrected chi connectivity index (χ3v) is 10.5. The van der Waals surface area contributed by atoms with Crippen LogP contribution in [-0.4, -0.2) is 111 Å². The molecule has 4 aromatic heterocycles. The average molecular weight is 834 g/mol. The Morgan fingerprint density at radius 2 is 1.54 bits per heavy atom. The maximum Gasteiger partial charge on any atom is 0.245 e. The Bertz CT molecular complexity index is 2430. The number of phenolic OH excluding ortho intramolecular Hbond substituents is 2. The first-order chi connectivity index (χ1) is 29.1. The van der Waals surface area contributed by atoms with Crippen LogP contribution in [0, 0.1) is 6.92 Å². The number of benzene rings is 2. The van der Waals surface area contributed by atoms with Crippen molar-refractivity contribution >= 4 is 11.9 Å². The number of aromatic nitrogens is 9. The van der Waals surface area contributed by atoms with Crippen molar-refractivity contribution in [1.29, 1.82) is 0 Å². The number of aryl methyl sites for hydroxylation is 1. The third-order valence-electron chi connectivity index (χ3n) is 10.5. The van der Waals surface area contributed by atoms with E-state index in [1.165, 1.54) is 19.6 Å². The van der Waals surface area contributed by atoms with Crippen LogP contribution >= 0.6 is 0 Å². The molecule has 6 heterocycles. The zero-order chi connectivity index (χ0) is 43.5. The highest BCUT2D eigenvalue weighted by atomic mass is 19.1. The molecule has 3 atom stereocenters. The van der Waals surface area contributed by atoms with Gasteiger partial charge in [0.05, 0.1) is 37.4 Å². The second kappa shape index (κ2) is 17.7. The summed E-state index contributed by atoms with van der Waals surface area (Å²) in [4.78, 5) is 23.2. The van der Waals surface area contributed by atoms with Crippen LogP contribution in [0.25, 0.3) is 45.1 Å². The molecule has 2 aliphatic rings. The summed E-state index contributed by atoms with van der Waals surface area (Å²) in [5, 5.41) is 47.8. The maximum atomic E-state index is 15.0. The van der Waals surface area contributed by atoms with Gasteiger partial charge >= 0.3 is 0 Å². The summed E-state index contributed by atoms with van der Waals surface area (Å²) in [5.41, 5.74) is 3.10. The summed E-state index contributed by atoms with van der Waals surface area (Å²) in [6.45, 7) is 15.6. The number of piperidine rings is 1. The van der Waals surface area contributed by atoms with Crippen LogP contribution in [0.15, 0.2) is 71.8 Å². The molecule has 2 aromatic carbocycles. The number of oxazole rings is 1. The van der Waals surface area contributed by atoms with E-state index in [1.807, 2.05) is 33.8 Å². The molecule has 2 saturated heterocycles. The van der Waals surface area contributed by atoms with Crippen molar-refractivity contribution in [2.24, 2.45) is 0 Å². The van der Waals surface area contributed by atoms with Crippen LogP contribution in [0.4, 0.5) is 16.3 Å². The number of anilines is 2. The van der Waals surface area contributed by atoms with Crippen LogP contribution in [0.1, 0.15) is 60.3 Å². The number of nitrogens with zero attached hydrogens (tertiary/aromatic N) is 10. The lowest BCUT2D eigenvalue weighted by Crippen LogP contribution is -2.67. The van der Waals surface area contributed by atoms with Crippen molar-refractivity contribution in [3.63, 3.8) is 0 Å². The Morgan fingerprint density at radius 3 is 2.15 bits per heavy atom. The Kier molecular flexibility index (Phi) is 12.4. The first-order valence-electron chi connectivity index (χ1n) is 20.1. The van der Waals surface area contributed by atoms with Gasteiger partial charge < -0.3 is 40.2 Å². The third kappa shape index (κ3) is 10.1. The van der Waals surface area contributed by atoms with Gasteiger partial charge in [0, 0.05) is 71.5 Å². The lowest BCUT2D eigenvalue weighted by molar-refractivity contribution is 0.0654. The second-order valence-corrected chi connectivity index (χ2v) is 16.8. The smallest absolute Gasteiger partial charge is 0.245 e. The molecule has 6 aromatic rings. The highest BCUT2D eigenvalue weighted by Crippen LogP contribution is 2.35. The Labute approximate surface area is 353 Å². The lowest BCUT2D eigenvalue weighted by Gasteiger charge is -2.48. The summed E-state index contributed by atoms with van der Waals surface area (Å²) < 4.78 is 25.7. The fourth-order valence-electron chi connectivity index (χ4n) is 7.90.